The highest BCUT2D eigenvalue weighted by Gasteiger charge is 2.24. The minimum atomic E-state index is -0.542. The average Bonchev–Trinajstić information content (AvgIpc) is 3.36. The molecule has 166 valence electrons. The molecule has 2 aromatic heterocycles. The number of ether oxygens (including phenoxy) is 2. The number of aromatic nitrogens is 3. The summed E-state index contributed by atoms with van der Waals surface area (Å²) in [4.78, 5) is 20.9. The first-order chi connectivity index (χ1) is 14.8. The van der Waals surface area contributed by atoms with E-state index < -0.39 is 12.0 Å². The Labute approximate surface area is 183 Å². The third-order valence-electron chi connectivity index (χ3n) is 4.52. The number of esters is 1. The Balaban J connectivity index is 1.81. The summed E-state index contributed by atoms with van der Waals surface area (Å²) >= 11 is 1.45. The number of aromatic hydroxyl groups is 1. The topological polar surface area (TPSA) is 133 Å². The first kappa shape index (κ1) is 22.5. The summed E-state index contributed by atoms with van der Waals surface area (Å²) < 4.78 is 20.9. The van der Waals surface area contributed by atoms with Gasteiger partial charge in [0.15, 0.2) is 5.82 Å². The fourth-order valence-corrected chi connectivity index (χ4v) is 4.09. The molecule has 1 atom stereocenters. The molecule has 0 radical (unpaired) electrons. The van der Waals surface area contributed by atoms with Gasteiger partial charge >= 0.3 is 5.97 Å². The average molecular weight is 449 g/mol. The minimum Gasteiger partial charge on any atom is -0.507 e. The minimum absolute atomic E-state index is 0.0446. The van der Waals surface area contributed by atoms with Gasteiger partial charge in [-0.25, -0.2) is 4.79 Å². The van der Waals surface area contributed by atoms with E-state index in [4.69, 9.17) is 18.4 Å². The molecule has 0 saturated heterocycles. The molecule has 3 rings (SSSR count). The van der Waals surface area contributed by atoms with Crippen LogP contribution in [0.1, 0.15) is 44.9 Å². The highest BCUT2D eigenvalue weighted by atomic mass is 32.2. The van der Waals surface area contributed by atoms with Gasteiger partial charge in [0, 0.05) is 28.7 Å². The Hall–Kier alpha value is -3.21. The van der Waals surface area contributed by atoms with Crippen molar-refractivity contribution >= 4 is 23.7 Å². The van der Waals surface area contributed by atoms with E-state index in [-0.39, 0.29) is 11.3 Å². The number of anilines is 1. The molecular weight excluding hydrogens is 424 g/mol. The Morgan fingerprint density at radius 1 is 1.29 bits per heavy atom. The number of hydrogen-bond donors (Lipinski definition) is 2. The number of oxazole rings is 1. The molecule has 0 aliphatic rings. The monoisotopic (exact) mass is 448 g/mol. The number of nitrogens with zero attached hydrogens (tertiary/aromatic N) is 3. The van der Waals surface area contributed by atoms with E-state index in [2.05, 4.69) is 20.4 Å². The van der Waals surface area contributed by atoms with E-state index in [1.165, 1.54) is 38.3 Å². The molecule has 0 aliphatic carbocycles. The van der Waals surface area contributed by atoms with E-state index in [1.54, 1.807) is 13.8 Å². The molecule has 0 spiro atoms. The molecule has 0 aliphatic heterocycles. The van der Waals surface area contributed by atoms with Crippen LogP contribution >= 0.6 is 11.8 Å². The lowest BCUT2D eigenvalue weighted by Gasteiger charge is -2.17. The number of phenolic OH excluding ortho intramolecular Hbond substituents is 1. The van der Waals surface area contributed by atoms with Gasteiger partial charge in [-0.1, -0.05) is 5.16 Å². The fraction of sp³-hybridized carbons (Fsp3) is 0.400. The lowest BCUT2D eigenvalue weighted by molar-refractivity contribution is 0.0598. The van der Waals surface area contributed by atoms with Crippen molar-refractivity contribution in [2.75, 3.05) is 25.3 Å². The highest BCUT2D eigenvalue weighted by molar-refractivity contribution is 7.98. The van der Waals surface area contributed by atoms with Gasteiger partial charge in [0.25, 0.3) is 6.01 Å². The third-order valence-corrected chi connectivity index (χ3v) is 5.58. The van der Waals surface area contributed by atoms with Crippen LogP contribution in [0.25, 0.3) is 0 Å². The van der Waals surface area contributed by atoms with E-state index in [0.717, 1.165) is 5.69 Å². The lowest BCUT2D eigenvalue weighted by atomic mass is 10.0. The molecule has 31 heavy (non-hydrogen) atoms. The first-order valence-corrected chi connectivity index (χ1v) is 10.5. The summed E-state index contributed by atoms with van der Waals surface area (Å²) in [6.45, 7) is 5.29. The molecule has 11 heteroatoms. The number of rotatable bonds is 9. The molecular formula is C20H24N4O6S. The van der Waals surface area contributed by atoms with Crippen LogP contribution in [0.2, 0.25) is 0 Å². The predicted molar refractivity (Wildman–Crippen MR) is 114 cm³/mol. The van der Waals surface area contributed by atoms with Crippen LogP contribution < -0.4 is 10.1 Å². The molecule has 1 aromatic carbocycles. The summed E-state index contributed by atoms with van der Waals surface area (Å²) in [5.74, 6) is 1.50. The molecule has 0 bridgehead atoms. The Bertz CT molecular complexity index is 1060. The zero-order chi connectivity index (χ0) is 22.5. The van der Waals surface area contributed by atoms with Crippen LogP contribution in [0, 0.1) is 20.8 Å². The van der Waals surface area contributed by atoms with Crippen LogP contribution in [0.3, 0.4) is 0 Å². The van der Waals surface area contributed by atoms with Crippen LogP contribution in [0.5, 0.6) is 11.5 Å². The summed E-state index contributed by atoms with van der Waals surface area (Å²) in [6, 6.07) is 1.43. The van der Waals surface area contributed by atoms with Crippen molar-refractivity contribution in [3.8, 4) is 11.5 Å². The number of carbonyl (C=O) groups excluding carboxylic acids is 1. The highest BCUT2D eigenvalue weighted by Crippen LogP contribution is 2.36. The summed E-state index contributed by atoms with van der Waals surface area (Å²) in [7, 11) is 2.77. The second-order valence-electron chi connectivity index (χ2n) is 6.75. The number of benzene rings is 1. The van der Waals surface area contributed by atoms with Gasteiger partial charge in [0.1, 0.15) is 23.8 Å². The van der Waals surface area contributed by atoms with Crippen molar-refractivity contribution in [3.05, 3.63) is 46.4 Å². The second kappa shape index (κ2) is 9.73. The third kappa shape index (κ3) is 5.10. The van der Waals surface area contributed by atoms with Gasteiger partial charge in [-0.2, -0.15) is 21.7 Å². The maximum atomic E-state index is 12.4. The largest absolute Gasteiger partial charge is 0.507 e. The van der Waals surface area contributed by atoms with Crippen LogP contribution in [-0.2, 0) is 10.5 Å². The number of methoxy groups -OCH3 is 2. The lowest BCUT2D eigenvalue weighted by Crippen LogP contribution is -2.15. The normalized spacial score (nSPS) is 11.9. The van der Waals surface area contributed by atoms with Crippen LogP contribution in [0.4, 0.5) is 6.01 Å². The summed E-state index contributed by atoms with van der Waals surface area (Å²) in [6.07, 6.45) is 1.53. The van der Waals surface area contributed by atoms with Crippen molar-refractivity contribution in [1.82, 2.24) is 15.1 Å². The van der Waals surface area contributed by atoms with E-state index in [1.807, 2.05) is 6.92 Å². The molecule has 2 heterocycles. The van der Waals surface area contributed by atoms with Crippen molar-refractivity contribution in [2.45, 2.75) is 32.6 Å². The van der Waals surface area contributed by atoms with Crippen molar-refractivity contribution < 1.29 is 28.3 Å². The zero-order valence-corrected chi connectivity index (χ0v) is 18.7. The van der Waals surface area contributed by atoms with Gasteiger partial charge in [0.2, 0.25) is 5.89 Å². The van der Waals surface area contributed by atoms with E-state index in [9.17, 15) is 9.90 Å². The Morgan fingerprint density at radius 3 is 2.65 bits per heavy atom. The van der Waals surface area contributed by atoms with Crippen molar-refractivity contribution in [1.29, 1.82) is 0 Å². The van der Waals surface area contributed by atoms with E-state index >= 15 is 0 Å². The van der Waals surface area contributed by atoms with Gasteiger partial charge < -0.3 is 28.8 Å². The molecule has 0 saturated carbocycles. The number of hydrogen-bond acceptors (Lipinski definition) is 11. The quantitative estimate of drug-likeness (QED) is 0.465. The Kier molecular flexibility index (Phi) is 7.06. The van der Waals surface area contributed by atoms with Gasteiger partial charge in [0.05, 0.1) is 25.5 Å². The van der Waals surface area contributed by atoms with Gasteiger partial charge in [-0.15, -0.1) is 0 Å². The maximum Gasteiger partial charge on any atom is 0.338 e. The van der Waals surface area contributed by atoms with Gasteiger partial charge in [-0.3, -0.25) is 0 Å². The molecule has 3 aromatic rings. The number of aryl methyl sites for hydroxylation is 2. The summed E-state index contributed by atoms with van der Waals surface area (Å²) in [5, 5.41) is 17.5. The number of carbonyl (C=O) groups is 1. The standard InChI is InChI=1S/C20H24N4O6S/c1-10-7-29-20(21-10)23-14(18-22-12(3)24-30-18)9-31-8-13-15(25)6-16(27-4)11(2)17(13)19(26)28-5/h6-7,14,25H,8-9H2,1-5H3,(H,21,23)/t14-/m0/s1. The smallest absolute Gasteiger partial charge is 0.338 e. The molecule has 0 amide bonds. The summed E-state index contributed by atoms with van der Waals surface area (Å²) in [5.41, 5.74) is 2.08. The maximum absolute atomic E-state index is 12.4. The van der Waals surface area contributed by atoms with Crippen LogP contribution in [0.15, 0.2) is 21.3 Å². The molecule has 0 unspecified atom stereocenters. The second-order valence-corrected chi connectivity index (χ2v) is 7.78. The van der Waals surface area contributed by atoms with Crippen molar-refractivity contribution in [3.63, 3.8) is 0 Å². The SMILES string of the molecule is COC(=O)c1c(C)c(OC)cc(O)c1CSC[C@H](Nc1nc(C)co1)c1nc(C)no1. The predicted octanol–water partition coefficient (Wildman–Crippen LogP) is 3.57. The molecule has 2 N–H and O–H groups in total. The number of thioether (sulfide) groups is 1. The number of nitrogens with one attached hydrogen (secondary N) is 1. The Morgan fingerprint density at radius 2 is 2.06 bits per heavy atom. The van der Waals surface area contributed by atoms with E-state index in [0.29, 0.717) is 46.1 Å². The molecule has 0 fully saturated rings. The first-order valence-electron chi connectivity index (χ1n) is 9.38. The van der Waals surface area contributed by atoms with Crippen molar-refractivity contribution in [2.24, 2.45) is 0 Å². The molecule has 10 nitrogen and oxygen atoms in total. The zero-order valence-electron chi connectivity index (χ0n) is 17.9. The number of phenols is 1. The van der Waals surface area contributed by atoms with Gasteiger partial charge in [-0.05, 0) is 20.8 Å². The van der Waals surface area contributed by atoms with Crippen LogP contribution in [-0.4, -0.2) is 46.2 Å². The fourth-order valence-electron chi connectivity index (χ4n) is 3.01.